The third-order valence-electron chi connectivity index (χ3n) is 1.51. The molecule has 0 saturated carbocycles. The summed E-state index contributed by atoms with van der Waals surface area (Å²) in [6.07, 6.45) is 9.53. The first kappa shape index (κ1) is 12.8. The average Bonchev–Trinajstić information content (AvgIpc) is 2.10. The number of rotatable bonds is 5. The van der Waals surface area contributed by atoms with Crippen LogP contribution in [0, 0.1) is 0 Å². The van der Waals surface area contributed by atoms with Crippen LogP contribution in [0.3, 0.4) is 0 Å². The number of nitrogens with one attached hydrogen (secondary N) is 1. The second kappa shape index (κ2) is 7.27. The van der Waals surface area contributed by atoms with Crippen molar-refractivity contribution in [3.8, 4) is 0 Å². The normalized spacial score (nSPS) is 13.1. The van der Waals surface area contributed by atoms with Gasteiger partial charge in [-0.05, 0) is 32.9 Å². The molecule has 0 aromatic rings. The van der Waals surface area contributed by atoms with Gasteiger partial charge in [0, 0.05) is 16.8 Å². The summed E-state index contributed by atoms with van der Waals surface area (Å²) in [5.74, 6) is 0. The highest BCUT2D eigenvalue weighted by atomic mass is 32.1. The SMILES string of the molecule is C=C/C(C)=C/C=C\NC(C)=CC(C)=S. The molecule has 0 bridgehead atoms. The van der Waals surface area contributed by atoms with Gasteiger partial charge in [-0.3, -0.25) is 0 Å². The first-order valence-corrected chi connectivity index (χ1v) is 4.88. The van der Waals surface area contributed by atoms with Gasteiger partial charge in [0.1, 0.15) is 0 Å². The molecular formula is C12H17NS. The molecule has 1 N–H and O–H groups in total. The zero-order valence-electron chi connectivity index (χ0n) is 9.00. The summed E-state index contributed by atoms with van der Waals surface area (Å²) in [5.41, 5.74) is 2.18. The zero-order chi connectivity index (χ0) is 11.0. The lowest BCUT2D eigenvalue weighted by Crippen LogP contribution is -2.01. The molecule has 0 aromatic carbocycles. The number of hydrogen-bond donors (Lipinski definition) is 1. The van der Waals surface area contributed by atoms with Gasteiger partial charge in [-0.1, -0.05) is 36.5 Å². The Labute approximate surface area is 91.9 Å². The Balaban J connectivity index is 4.06. The Morgan fingerprint density at radius 1 is 1.29 bits per heavy atom. The van der Waals surface area contributed by atoms with Crippen LogP contribution in [-0.2, 0) is 0 Å². The van der Waals surface area contributed by atoms with Gasteiger partial charge in [0.15, 0.2) is 0 Å². The molecular weight excluding hydrogens is 190 g/mol. The maximum atomic E-state index is 4.95. The molecule has 0 aliphatic carbocycles. The van der Waals surface area contributed by atoms with Crippen molar-refractivity contribution < 1.29 is 0 Å². The number of hydrogen-bond acceptors (Lipinski definition) is 2. The van der Waals surface area contributed by atoms with E-state index in [1.807, 2.05) is 51.3 Å². The fourth-order valence-corrected chi connectivity index (χ4v) is 0.971. The molecule has 0 spiro atoms. The van der Waals surface area contributed by atoms with Crippen molar-refractivity contribution >= 4 is 17.1 Å². The summed E-state index contributed by atoms with van der Waals surface area (Å²) in [6, 6.07) is 0. The predicted octanol–water partition coefficient (Wildman–Crippen LogP) is 3.52. The van der Waals surface area contributed by atoms with Crippen molar-refractivity contribution in [1.29, 1.82) is 0 Å². The van der Waals surface area contributed by atoms with E-state index in [1.165, 1.54) is 0 Å². The average molecular weight is 207 g/mol. The Morgan fingerprint density at radius 3 is 2.43 bits per heavy atom. The van der Waals surface area contributed by atoms with E-state index < -0.39 is 0 Å². The van der Waals surface area contributed by atoms with Crippen LogP contribution >= 0.6 is 12.2 Å². The minimum Gasteiger partial charge on any atom is -0.365 e. The van der Waals surface area contributed by atoms with Crippen molar-refractivity contribution in [3.05, 3.63) is 48.4 Å². The van der Waals surface area contributed by atoms with Gasteiger partial charge in [-0.2, -0.15) is 0 Å². The summed E-state index contributed by atoms with van der Waals surface area (Å²) in [6.45, 7) is 9.54. The van der Waals surface area contributed by atoms with E-state index in [9.17, 15) is 0 Å². The molecule has 0 amide bonds. The van der Waals surface area contributed by atoms with Crippen LogP contribution in [0.5, 0.6) is 0 Å². The van der Waals surface area contributed by atoms with Crippen LogP contribution in [-0.4, -0.2) is 4.86 Å². The monoisotopic (exact) mass is 207 g/mol. The molecule has 0 radical (unpaired) electrons. The molecule has 0 unspecified atom stereocenters. The Kier molecular flexibility index (Phi) is 6.68. The fourth-order valence-electron chi connectivity index (χ4n) is 0.794. The molecule has 0 rings (SSSR count). The highest BCUT2D eigenvalue weighted by Crippen LogP contribution is 1.93. The van der Waals surface area contributed by atoms with Gasteiger partial charge < -0.3 is 5.32 Å². The second-order valence-corrected chi connectivity index (χ2v) is 3.70. The van der Waals surface area contributed by atoms with Crippen LogP contribution in [0.4, 0.5) is 0 Å². The summed E-state index contributed by atoms with van der Waals surface area (Å²) < 4.78 is 0. The van der Waals surface area contributed by atoms with Crippen LogP contribution in [0.15, 0.2) is 48.4 Å². The van der Waals surface area contributed by atoms with Crippen molar-refractivity contribution in [1.82, 2.24) is 5.32 Å². The second-order valence-electron chi connectivity index (χ2n) is 3.06. The third-order valence-corrected chi connectivity index (χ3v) is 1.63. The van der Waals surface area contributed by atoms with E-state index in [2.05, 4.69) is 11.9 Å². The van der Waals surface area contributed by atoms with Crippen LogP contribution < -0.4 is 5.32 Å². The number of thiocarbonyl (C=S) groups is 1. The topological polar surface area (TPSA) is 12.0 Å². The van der Waals surface area contributed by atoms with E-state index in [0.717, 1.165) is 16.1 Å². The van der Waals surface area contributed by atoms with E-state index in [-0.39, 0.29) is 0 Å². The first-order valence-electron chi connectivity index (χ1n) is 4.47. The first-order chi connectivity index (χ1) is 6.56. The summed E-state index contributed by atoms with van der Waals surface area (Å²) >= 11 is 4.95. The van der Waals surface area contributed by atoms with Crippen molar-refractivity contribution in [2.24, 2.45) is 0 Å². The molecule has 0 aliphatic rings. The summed E-state index contributed by atoms with van der Waals surface area (Å²) in [7, 11) is 0. The van der Waals surface area contributed by atoms with Crippen LogP contribution in [0.1, 0.15) is 20.8 Å². The van der Waals surface area contributed by atoms with Crippen molar-refractivity contribution in [3.63, 3.8) is 0 Å². The highest BCUT2D eigenvalue weighted by molar-refractivity contribution is 7.80. The Morgan fingerprint density at radius 2 is 1.93 bits per heavy atom. The molecule has 0 heterocycles. The van der Waals surface area contributed by atoms with Gasteiger partial charge in [0.05, 0.1) is 0 Å². The molecule has 2 heteroatoms. The molecule has 0 atom stereocenters. The number of allylic oxidation sites excluding steroid dienone is 6. The van der Waals surface area contributed by atoms with Gasteiger partial charge >= 0.3 is 0 Å². The minimum absolute atomic E-state index is 0.876. The smallest absolute Gasteiger partial charge is 0.0138 e. The lowest BCUT2D eigenvalue weighted by molar-refractivity contribution is 1.06. The molecule has 76 valence electrons. The molecule has 14 heavy (non-hydrogen) atoms. The minimum atomic E-state index is 0.876. The predicted molar refractivity (Wildman–Crippen MR) is 68.3 cm³/mol. The molecule has 0 saturated heterocycles. The van der Waals surface area contributed by atoms with Gasteiger partial charge in [0.2, 0.25) is 0 Å². The molecule has 0 aliphatic heterocycles. The summed E-state index contributed by atoms with van der Waals surface area (Å²) in [4.78, 5) is 0.876. The standard InChI is InChI=1S/C12H17NS/c1-5-10(2)7-6-8-13-11(3)9-12(4)14/h5-9,13H,1H2,2-4H3/b8-6-,10-7+,11-9?. The molecule has 1 nitrogen and oxygen atoms in total. The third kappa shape index (κ3) is 7.50. The fraction of sp³-hybridized carbons (Fsp3) is 0.250. The molecule has 0 aromatic heterocycles. The zero-order valence-corrected chi connectivity index (χ0v) is 9.82. The van der Waals surface area contributed by atoms with Gasteiger partial charge in [0.25, 0.3) is 0 Å². The lowest BCUT2D eigenvalue weighted by Gasteiger charge is -1.98. The van der Waals surface area contributed by atoms with E-state index in [1.54, 1.807) is 0 Å². The quantitative estimate of drug-likeness (QED) is 0.420. The maximum absolute atomic E-state index is 4.95. The summed E-state index contributed by atoms with van der Waals surface area (Å²) in [5, 5.41) is 3.11. The maximum Gasteiger partial charge on any atom is 0.0138 e. The van der Waals surface area contributed by atoms with Crippen LogP contribution in [0.2, 0.25) is 0 Å². The highest BCUT2D eigenvalue weighted by Gasteiger charge is 1.83. The van der Waals surface area contributed by atoms with Crippen LogP contribution in [0.25, 0.3) is 0 Å². The van der Waals surface area contributed by atoms with E-state index in [4.69, 9.17) is 12.2 Å². The van der Waals surface area contributed by atoms with E-state index in [0.29, 0.717) is 0 Å². The lowest BCUT2D eigenvalue weighted by atomic mass is 10.3. The Bertz CT molecular complexity index is 295. The Hall–Kier alpha value is -1.15. The largest absolute Gasteiger partial charge is 0.365 e. The van der Waals surface area contributed by atoms with Gasteiger partial charge in [-0.15, -0.1) is 0 Å². The molecule has 0 fully saturated rings. The van der Waals surface area contributed by atoms with E-state index >= 15 is 0 Å². The van der Waals surface area contributed by atoms with Crippen molar-refractivity contribution in [2.75, 3.05) is 0 Å². The van der Waals surface area contributed by atoms with Crippen molar-refractivity contribution in [2.45, 2.75) is 20.8 Å². The van der Waals surface area contributed by atoms with Gasteiger partial charge in [-0.25, -0.2) is 0 Å².